The second-order valence-corrected chi connectivity index (χ2v) is 6.52. The molecule has 23 heavy (non-hydrogen) atoms. The molecule has 1 heterocycles. The van der Waals surface area contributed by atoms with Crippen molar-refractivity contribution in [1.82, 2.24) is 10.6 Å². The number of thioether (sulfide) groups is 1. The number of urea groups is 1. The van der Waals surface area contributed by atoms with Crippen molar-refractivity contribution in [2.45, 2.75) is 18.6 Å². The van der Waals surface area contributed by atoms with Gasteiger partial charge in [0.25, 0.3) is 0 Å². The lowest BCUT2D eigenvalue weighted by Gasteiger charge is -2.26. The van der Waals surface area contributed by atoms with Gasteiger partial charge in [-0.1, -0.05) is 6.07 Å². The van der Waals surface area contributed by atoms with Gasteiger partial charge >= 0.3 is 6.03 Å². The van der Waals surface area contributed by atoms with E-state index in [1.807, 2.05) is 30.0 Å². The molecule has 7 heteroatoms. The highest BCUT2D eigenvalue weighted by Crippen LogP contribution is 2.30. The van der Waals surface area contributed by atoms with Crippen LogP contribution in [0.5, 0.6) is 11.5 Å². The maximum Gasteiger partial charge on any atom is 0.315 e. The average molecular weight is 340 g/mol. The molecule has 0 aromatic heterocycles. The van der Waals surface area contributed by atoms with E-state index in [0.29, 0.717) is 24.6 Å². The Morgan fingerprint density at radius 1 is 1.22 bits per heavy atom. The minimum Gasteiger partial charge on any atom is -0.493 e. The Morgan fingerprint density at radius 3 is 2.61 bits per heavy atom. The summed E-state index contributed by atoms with van der Waals surface area (Å²) in [7, 11) is 4.89. The third kappa shape index (κ3) is 4.68. The zero-order valence-electron chi connectivity index (χ0n) is 13.8. The molecule has 1 aliphatic heterocycles. The van der Waals surface area contributed by atoms with Crippen LogP contribution in [0.4, 0.5) is 4.79 Å². The fourth-order valence-corrected chi connectivity index (χ4v) is 3.83. The van der Waals surface area contributed by atoms with E-state index in [1.165, 1.54) is 0 Å². The van der Waals surface area contributed by atoms with Gasteiger partial charge in [-0.3, -0.25) is 0 Å². The van der Waals surface area contributed by atoms with Gasteiger partial charge < -0.3 is 24.8 Å². The SMILES string of the molecule is COc1ccc(CNC(=O)NCC2(OC)CCSC2)cc1OC. The number of methoxy groups -OCH3 is 3. The minimum atomic E-state index is -0.231. The Hall–Kier alpha value is -1.60. The second kappa shape index (κ2) is 8.31. The molecule has 1 fully saturated rings. The van der Waals surface area contributed by atoms with E-state index >= 15 is 0 Å². The van der Waals surface area contributed by atoms with E-state index in [2.05, 4.69) is 10.6 Å². The van der Waals surface area contributed by atoms with Crippen molar-refractivity contribution in [2.24, 2.45) is 0 Å². The highest BCUT2D eigenvalue weighted by atomic mass is 32.2. The molecule has 1 saturated heterocycles. The first kappa shape index (κ1) is 17.7. The van der Waals surface area contributed by atoms with E-state index in [-0.39, 0.29) is 11.6 Å². The summed E-state index contributed by atoms with van der Waals surface area (Å²) in [6.07, 6.45) is 0.962. The third-order valence-corrected chi connectivity index (χ3v) is 5.20. The lowest BCUT2D eigenvalue weighted by atomic mass is 10.0. The van der Waals surface area contributed by atoms with Crippen LogP contribution < -0.4 is 20.1 Å². The molecule has 2 amide bonds. The molecule has 1 atom stereocenters. The summed E-state index contributed by atoms with van der Waals surface area (Å²) in [6, 6.07) is 5.37. The molecule has 128 valence electrons. The number of benzene rings is 1. The fraction of sp³-hybridized carbons (Fsp3) is 0.562. The molecule has 0 bridgehead atoms. The second-order valence-electron chi connectivity index (χ2n) is 5.42. The van der Waals surface area contributed by atoms with Crippen molar-refractivity contribution < 1.29 is 19.0 Å². The predicted molar refractivity (Wildman–Crippen MR) is 91.5 cm³/mol. The van der Waals surface area contributed by atoms with Gasteiger partial charge in [0.05, 0.1) is 19.8 Å². The number of hydrogen-bond acceptors (Lipinski definition) is 5. The maximum absolute atomic E-state index is 12.0. The highest BCUT2D eigenvalue weighted by molar-refractivity contribution is 7.99. The Bertz CT molecular complexity index is 533. The van der Waals surface area contributed by atoms with Crippen molar-refractivity contribution >= 4 is 17.8 Å². The van der Waals surface area contributed by atoms with Crippen molar-refractivity contribution in [1.29, 1.82) is 0 Å². The first-order valence-electron chi connectivity index (χ1n) is 7.48. The van der Waals surface area contributed by atoms with Crippen LogP contribution in [-0.4, -0.2) is 51.0 Å². The van der Waals surface area contributed by atoms with E-state index in [0.717, 1.165) is 23.5 Å². The lowest BCUT2D eigenvalue weighted by molar-refractivity contribution is 0.0157. The van der Waals surface area contributed by atoms with E-state index in [1.54, 1.807) is 21.3 Å². The molecule has 2 N–H and O–H groups in total. The van der Waals surface area contributed by atoms with Gasteiger partial charge in [0.1, 0.15) is 0 Å². The molecule has 0 aliphatic carbocycles. The largest absolute Gasteiger partial charge is 0.493 e. The first-order valence-corrected chi connectivity index (χ1v) is 8.63. The number of nitrogens with one attached hydrogen (secondary N) is 2. The smallest absolute Gasteiger partial charge is 0.315 e. The van der Waals surface area contributed by atoms with Crippen LogP contribution in [0.25, 0.3) is 0 Å². The number of hydrogen-bond donors (Lipinski definition) is 2. The van der Waals surface area contributed by atoms with Gasteiger partial charge in [0, 0.05) is 26.0 Å². The molecule has 1 unspecified atom stereocenters. The summed E-state index contributed by atoms with van der Waals surface area (Å²) in [6.45, 7) is 0.940. The Morgan fingerprint density at radius 2 is 2.00 bits per heavy atom. The summed E-state index contributed by atoms with van der Waals surface area (Å²) < 4.78 is 16.0. The molecule has 0 saturated carbocycles. The molecular weight excluding hydrogens is 316 g/mol. The van der Waals surface area contributed by atoms with Gasteiger partial charge in [0.15, 0.2) is 11.5 Å². The van der Waals surface area contributed by atoms with Crippen LogP contribution in [0, 0.1) is 0 Å². The highest BCUT2D eigenvalue weighted by Gasteiger charge is 2.34. The number of rotatable bonds is 7. The van der Waals surface area contributed by atoms with E-state index < -0.39 is 0 Å². The van der Waals surface area contributed by atoms with Gasteiger partial charge in [-0.05, 0) is 29.9 Å². The molecule has 0 radical (unpaired) electrons. The molecule has 1 aromatic carbocycles. The van der Waals surface area contributed by atoms with Crippen LogP contribution in [0.3, 0.4) is 0 Å². The van der Waals surface area contributed by atoms with Gasteiger partial charge in [-0.25, -0.2) is 4.79 Å². The lowest BCUT2D eigenvalue weighted by Crippen LogP contribution is -2.47. The van der Waals surface area contributed by atoms with E-state index in [9.17, 15) is 4.79 Å². The van der Waals surface area contributed by atoms with Crippen molar-refractivity contribution in [3.8, 4) is 11.5 Å². The van der Waals surface area contributed by atoms with Gasteiger partial charge in [-0.15, -0.1) is 0 Å². The number of amides is 2. The van der Waals surface area contributed by atoms with Crippen molar-refractivity contribution in [3.63, 3.8) is 0 Å². The number of ether oxygens (including phenoxy) is 3. The van der Waals surface area contributed by atoms with Crippen LogP contribution in [0.2, 0.25) is 0 Å². The van der Waals surface area contributed by atoms with Gasteiger partial charge in [-0.2, -0.15) is 11.8 Å². The summed E-state index contributed by atoms with van der Waals surface area (Å²) in [5.74, 6) is 3.30. The topological polar surface area (TPSA) is 68.8 Å². The van der Waals surface area contributed by atoms with Crippen LogP contribution in [0.15, 0.2) is 18.2 Å². The Balaban J connectivity index is 1.82. The van der Waals surface area contributed by atoms with Crippen LogP contribution >= 0.6 is 11.8 Å². The first-order chi connectivity index (χ1) is 11.1. The predicted octanol–water partition coefficient (Wildman–Crippen LogP) is 2.03. The minimum absolute atomic E-state index is 0.201. The zero-order valence-corrected chi connectivity index (χ0v) is 14.6. The third-order valence-electron chi connectivity index (χ3n) is 3.97. The zero-order chi connectivity index (χ0) is 16.7. The molecular formula is C16H24N2O4S. The molecule has 1 aliphatic rings. The van der Waals surface area contributed by atoms with Crippen LogP contribution in [0.1, 0.15) is 12.0 Å². The maximum atomic E-state index is 12.0. The van der Waals surface area contributed by atoms with Crippen molar-refractivity contribution in [2.75, 3.05) is 39.4 Å². The molecule has 6 nitrogen and oxygen atoms in total. The number of carbonyl (C=O) groups excluding carboxylic acids is 1. The Labute approximate surface area is 141 Å². The summed E-state index contributed by atoms with van der Waals surface area (Å²) in [5.41, 5.74) is 0.710. The monoisotopic (exact) mass is 340 g/mol. The number of carbonyl (C=O) groups is 1. The standard InChI is InChI=1S/C16H24N2O4S/c1-20-13-5-4-12(8-14(13)21-2)9-17-15(19)18-10-16(22-3)6-7-23-11-16/h4-5,8H,6-7,9-11H2,1-3H3,(H2,17,18,19). The summed E-state index contributed by atoms with van der Waals surface area (Å²) >= 11 is 1.85. The Kier molecular flexibility index (Phi) is 6.41. The quantitative estimate of drug-likeness (QED) is 0.795. The summed E-state index contributed by atoms with van der Waals surface area (Å²) in [5, 5.41) is 5.74. The summed E-state index contributed by atoms with van der Waals surface area (Å²) in [4.78, 5) is 12.0. The van der Waals surface area contributed by atoms with Crippen molar-refractivity contribution in [3.05, 3.63) is 23.8 Å². The molecule has 2 rings (SSSR count). The molecule has 1 aromatic rings. The molecule has 0 spiro atoms. The average Bonchev–Trinajstić information content (AvgIpc) is 3.07. The fourth-order valence-electron chi connectivity index (χ4n) is 2.44. The normalized spacial score (nSPS) is 20.1. The van der Waals surface area contributed by atoms with E-state index in [4.69, 9.17) is 14.2 Å². The van der Waals surface area contributed by atoms with Crippen LogP contribution in [-0.2, 0) is 11.3 Å². The van der Waals surface area contributed by atoms with Gasteiger partial charge in [0.2, 0.25) is 0 Å².